The number of likely N-dealkylation sites (tertiary alicyclic amines) is 1. The lowest BCUT2D eigenvalue weighted by atomic mass is 9.80. The summed E-state index contributed by atoms with van der Waals surface area (Å²) in [6.45, 7) is 10.3. The molecule has 1 rings (SSSR count). The van der Waals surface area contributed by atoms with Gasteiger partial charge in [-0.15, -0.1) is 0 Å². The molecule has 5 nitrogen and oxygen atoms in total. The normalized spacial score (nSPS) is 21.3. The molecule has 0 saturated carbocycles. The van der Waals surface area contributed by atoms with Gasteiger partial charge in [-0.25, -0.2) is 4.79 Å². The van der Waals surface area contributed by atoms with E-state index in [0.717, 1.165) is 19.5 Å². The topological polar surface area (TPSA) is 69.6 Å². The highest BCUT2D eigenvalue weighted by Crippen LogP contribution is 2.33. The molecule has 0 spiro atoms. The van der Waals surface area contributed by atoms with Crippen LogP contribution in [0.3, 0.4) is 0 Å². The molecule has 1 fully saturated rings. The molecule has 1 saturated heterocycles. The van der Waals surface area contributed by atoms with Crippen LogP contribution in [0.25, 0.3) is 0 Å². The van der Waals surface area contributed by atoms with Gasteiger partial charge in [0.25, 0.3) is 0 Å². The fourth-order valence-electron chi connectivity index (χ4n) is 2.28. The number of aliphatic carboxylic acids is 1. The minimum atomic E-state index is -0.816. The molecule has 1 aliphatic heterocycles. The summed E-state index contributed by atoms with van der Waals surface area (Å²) in [5.41, 5.74) is 0.229. The molecular formula is C14H26N2O3. The molecule has 0 bridgehead atoms. The minimum Gasteiger partial charge on any atom is -0.481 e. The first-order valence-electron chi connectivity index (χ1n) is 6.97. The van der Waals surface area contributed by atoms with Gasteiger partial charge in [0.2, 0.25) is 0 Å². The minimum absolute atomic E-state index is 0.0654. The third-order valence-electron chi connectivity index (χ3n) is 3.98. The zero-order valence-electron chi connectivity index (χ0n) is 12.4. The Hall–Kier alpha value is -1.26. The maximum Gasteiger partial charge on any atom is 0.317 e. The Morgan fingerprint density at radius 3 is 2.53 bits per heavy atom. The van der Waals surface area contributed by atoms with Crippen molar-refractivity contribution < 1.29 is 14.7 Å². The molecule has 0 aromatic rings. The Balaban J connectivity index is 2.30. The number of carboxylic acid groups (broad SMARTS) is 1. The smallest absolute Gasteiger partial charge is 0.317 e. The van der Waals surface area contributed by atoms with Gasteiger partial charge in [-0.3, -0.25) is 4.79 Å². The number of carbonyl (C=O) groups is 2. The third-order valence-corrected chi connectivity index (χ3v) is 3.98. The van der Waals surface area contributed by atoms with Gasteiger partial charge in [-0.2, -0.15) is 0 Å². The van der Waals surface area contributed by atoms with Crippen LogP contribution < -0.4 is 5.32 Å². The van der Waals surface area contributed by atoms with E-state index in [9.17, 15) is 9.59 Å². The number of carbonyl (C=O) groups excluding carboxylic acids is 1. The second-order valence-electron chi connectivity index (χ2n) is 6.56. The van der Waals surface area contributed by atoms with Crippen molar-refractivity contribution in [1.82, 2.24) is 10.2 Å². The van der Waals surface area contributed by atoms with Crippen molar-refractivity contribution in [2.24, 2.45) is 17.3 Å². The first kappa shape index (κ1) is 15.8. The first-order chi connectivity index (χ1) is 8.71. The molecule has 2 amide bonds. The molecular weight excluding hydrogens is 244 g/mol. The SMILES string of the molecule is CC(CCNC(=O)N1CCC(C(C)(C)C)C1)C(=O)O. The van der Waals surface area contributed by atoms with Crippen molar-refractivity contribution in [3.63, 3.8) is 0 Å². The number of nitrogens with one attached hydrogen (secondary N) is 1. The van der Waals surface area contributed by atoms with Crippen LogP contribution in [-0.2, 0) is 4.79 Å². The van der Waals surface area contributed by atoms with Crippen molar-refractivity contribution in [2.75, 3.05) is 19.6 Å². The molecule has 0 radical (unpaired) electrons. The van der Waals surface area contributed by atoms with E-state index in [2.05, 4.69) is 26.1 Å². The summed E-state index contributed by atoms with van der Waals surface area (Å²) in [4.78, 5) is 24.4. The van der Waals surface area contributed by atoms with E-state index in [1.807, 2.05) is 4.90 Å². The van der Waals surface area contributed by atoms with Crippen LogP contribution in [0.15, 0.2) is 0 Å². The number of rotatable bonds is 4. The van der Waals surface area contributed by atoms with Crippen LogP contribution in [0.5, 0.6) is 0 Å². The number of hydrogen-bond donors (Lipinski definition) is 2. The highest BCUT2D eigenvalue weighted by molar-refractivity contribution is 5.74. The Labute approximate surface area is 115 Å². The van der Waals surface area contributed by atoms with Crippen LogP contribution in [0.1, 0.15) is 40.5 Å². The predicted octanol–water partition coefficient (Wildman–Crippen LogP) is 2.17. The van der Waals surface area contributed by atoms with Gasteiger partial charge in [-0.05, 0) is 24.2 Å². The summed E-state index contributed by atoms with van der Waals surface area (Å²) in [6, 6.07) is -0.0654. The van der Waals surface area contributed by atoms with Gasteiger partial charge in [0.05, 0.1) is 5.92 Å². The molecule has 1 aliphatic rings. The fourth-order valence-corrected chi connectivity index (χ4v) is 2.28. The van der Waals surface area contributed by atoms with Crippen LogP contribution in [0.4, 0.5) is 4.79 Å². The molecule has 2 N–H and O–H groups in total. The quantitative estimate of drug-likeness (QED) is 0.822. The second-order valence-corrected chi connectivity index (χ2v) is 6.56. The summed E-state index contributed by atoms with van der Waals surface area (Å²) in [5, 5.41) is 11.6. The van der Waals surface area contributed by atoms with Gasteiger partial charge in [-0.1, -0.05) is 27.7 Å². The van der Waals surface area contributed by atoms with Crippen molar-refractivity contribution in [2.45, 2.75) is 40.5 Å². The lowest BCUT2D eigenvalue weighted by molar-refractivity contribution is -0.141. The van der Waals surface area contributed by atoms with E-state index in [0.29, 0.717) is 18.9 Å². The van der Waals surface area contributed by atoms with Crippen LogP contribution in [0.2, 0.25) is 0 Å². The molecule has 2 unspecified atom stereocenters. The monoisotopic (exact) mass is 270 g/mol. The highest BCUT2D eigenvalue weighted by Gasteiger charge is 2.33. The zero-order valence-corrected chi connectivity index (χ0v) is 12.4. The van der Waals surface area contributed by atoms with Crippen LogP contribution >= 0.6 is 0 Å². The van der Waals surface area contributed by atoms with E-state index in [-0.39, 0.29) is 11.4 Å². The van der Waals surface area contributed by atoms with E-state index in [1.54, 1.807) is 6.92 Å². The predicted molar refractivity (Wildman–Crippen MR) is 74.0 cm³/mol. The standard InChI is InChI=1S/C14H26N2O3/c1-10(12(17)18)5-7-15-13(19)16-8-6-11(9-16)14(2,3)4/h10-11H,5-9H2,1-4H3,(H,15,19)(H,17,18). The van der Waals surface area contributed by atoms with Crippen molar-refractivity contribution in [3.05, 3.63) is 0 Å². The Bertz CT molecular complexity index is 336. The van der Waals surface area contributed by atoms with Gasteiger partial charge < -0.3 is 15.3 Å². The van der Waals surface area contributed by atoms with E-state index < -0.39 is 11.9 Å². The molecule has 19 heavy (non-hydrogen) atoms. The number of carboxylic acids is 1. The van der Waals surface area contributed by atoms with Crippen LogP contribution in [0, 0.1) is 17.3 Å². The summed E-state index contributed by atoms with van der Waals surface area (Å²) in [6.07, 6.45) is 1.51. The molecule has 0 aromatic carbocycles. The van der Waals surface area contributed by atoms with Crippen molar-refractivity contribution in [3.8, 4) is 0 Å². The first-order valence-corrected chi connectivity index (χ1v) is 6.97. The Kier molecular flexibility index (Phi) is 5.20. The fraction of sp³-hybridized carbons (Fsp3) is 0.857. The van der Waals surface area contributed by atoms with Crippen molar-refractivity contribution in [1.29, 1.82) is 0 Å². The van der Waals surface area contributed by atoms with Gasteiger partial charge in [0.15, 0.2) is 0 Å². The van der Waals surface area contributed by atoms with E-state index >= 15 is 0 Å². The second kappa shape index (κ2) is 6.26. The summed E-state index contributed by atoms with van der Waals surface area (Å²) >= 11 is 0. The third kappa shape index (κ3) is 4.73. The summed E-state index contributed by atoms with van der Waals surface area (Å²) in [7, 11) is 0. The largest absolute Gasteiger partial charge is 0.481 e. The average molecular weight is 270 g/mol. The lowest BCUT2D eigenvalue weighted by Crippen LogP contribution is -2.40. The number of urea groups is 1. The molecule has 5 heteroatoms. The zero-order chi connectivity index (χ0) is 14.6. The molecule has 0 aliphatic carbocycles. The maximum atomic E-state index is 11.9. The van der Waals surface area contributed by atoms with Crippen LogP contribution in [-0.4, -0.2) is 41.6 Å². The highest BCUT2D eigenvalue weighted by atomic mass is 16.4. The summed E-state index contributed by atoms with van der Waals surface area (Å²) < 4.78 is 0. The molecule has 0 aromatic heterocycles. The van der Waals surface area contributed by atoms with E-state index in [1.165, 1.54) is 0 Å². The van der Waals surface area contributed by atoms with Gasteiger partial charge >= 0.3 is 12.0 Å². The Morgan fingerprint density at radius 1 is 1.42 bits per heavy atom. The average Bonchev–Trinajstić information content (AvgIpc) is 2.77. The molecule has 2 atom stereocenters. The lowest BCUT2D eigenvalue weighted by Gasteiger charge is -2.27. The molecule has 110 valence electrons. The van der Waals surface area contributed by atoms with Gasteiger partial charge in [0, 0.05) is 19.6 Å². The summed E-state index contributed by atoms with van der Waals surface area (Å²) in [5.74, 6) is -0.694. The number of hydrogen-bond acceptors (Lipinski definition) is 2. The van der Waals surface area contributed by atoms with Crippen molar-refractivity contribution >= 4 is 12.0 Å². The van der Waals surface area contributed by atoms with E-state index in [4.69, 9.17) is 5.11 Å². The Morgan fingerprint density at radius 2 is 2.05 bits per heavy atom. The molecule has 1 heterocycles. The number of nitrogens with zero attached hydrogens (tertiary/aromatic N) is 1. The van der Waals surface area contributed by atoms with Gasteiger partial charge in [0.1, 0.15) is 0 Å². The maximum absolute atomic E-state index is 11.9. The number of amides is 2.